The minimum atomic E-state index is 0.283. The highest BCUT2D eigenvalue weighted by Gasteiger charge is 2.24. The number of hydrogen-bond donors (Lipinski definition) is 1. The zero-order valence-corrected chi connectivity index (χ0v) is 16.1. The van der Waals surface area contributed by atoms with Gasteiger partial charge in [0.2, 0.25) is 6.79 Å². The third kappa shape index (κ3) is 3.40. The van der Waals surface area contributed by atoms with Crippen molar-refractivity contribution in [2.24, 2.45) is 5.92 Å². The van der Waals surface area contributed by atoms with E-state index in [1.807, 2.05) is 18.2 Å². The number of fused-ring (bicyclic) bond motifs is 2. The van der Waals surface area contributed by atoms with Crippen LogP contribution in [0.25, 0.3) is 11.0 Å². The molecular formula is C22H25N3O3. The fourth-order valence-electron chi connectivity index (χ4n) is 4.36. The van der Waals surface area contributed by atoms with Gasteiger partial charge in [-0.1, -0.05) is 12.1 Å². The molecular weight excluding hydrogens is 354 g/mol. The second-order valence-corrected chi connectivity index (χ2v) is 7.67. The van der Waals surface area contributed by atoms with E-state index < -0.39 is 0 Å². The first kappa shape index (κ1) is 17.4. The number of benzene rings is 2. The molecule has 3 aromatic rings. The standard InChI is InChI=1S/C22H25N3O3/c1-26-19-11-21-20(27-14-28-21)10-16(19)13-25-8-4-5-15(12-25)9-22-23-17-6-2-3-7-18(17)24-22/h2-3,6-7,10-11,15H,4-5,8-9,12-14H2,1H3,(H,23,24). The molecule has 0 bridgehead atoms. The van der Waals surface area contributed by atoms with Gasteiger partial charge in [-0.2, -0.15) is 0 Å². The second kappa shape index (κ2) is 7.36. The molecule has 0 radical (unpaired) electrons. The van der Waals surface area contributed by atoms with Crippen molar-refractivity contribution in [3.8, 4) is 17.2 Å². The molecule has 1 N–H and O–H groups in total. The molecule has 5 rings (SSSR count). The molecule has 0 saturated carbocycles. The van der Waals surface area contributed by atoms with E-state index in [2.05, 4.69) is 28.1 Å². The Labute approximate surface area is 164 Å². The molecule has 1 aromatic heterocycles. The van der Waals surface area contributed by atoms with Crippen LogP contribution in [0.15, 0.2) is 36.4 Å². The molecule has 1 atom stereocenters. The SMILES string of the molecule is COc1cc2c(cc1CN1CCCC(Cc3nc4ccccc4[nH]3)C1)OCO2. The Bertz CT molecular complexity index is 951. The number of rotatable bonds is 5. The van der Waals surface area contributed by atoms with E-state index in [-0.39, 0.29) is 6.79 Å². The highest BCUT2D eigenvalue weighted by Crippen LogP contribution is 2.39. The summed E-state index contributed by atoms with van der Waals surface area (Å²) in [6.45, 7) is 3.31. The van der Waals surface area contributed by atoms with Crippen LogP contribution in [0, 0.1) is 5.92 Å². The summed E-state index contributed by atoms with van der Waals surface area (Å²) >= 11 is 0. The van der Waals surface area contributed by atoms with Crippen molar-refractivity contribution in [2.45, 2.75) is 25.8 Å². The van der Waals surface area contributed by atoms with E-state index >= 15 is 0 Å². The van der Waals surface area contributed by atoms with E-state index in [1.54, 1.807) is 7.11 Å². The molecule has 6 heteroatoms. The van der Waals surface area contributed by atoms with Gasteiger partial charge in [0.1, 0.15) is 11.6 Å². The van der Waals surface area contributed by atoms with Gasteiger partial charge in [-0.25, -0.2) is 4.98 Å². The number of para-hydroxylation sites is 2. The molecule has 1 saturated heterocycles. The van der Waals surface area contributed by atoms with Crippen LogP contribution in [0.3, 0.4) is 0 Å². The van der Waals surface area contributed by atoms with Crippen molar-refractivity contribution >= 4 is 11.0 Å². The molecule has 1 fully saturated rings. The Morgan fingerprint density at radius 1 is 1.21 bits per heavy atom. The number of aromatic amines is 1. The number of aromatic nitrogens is 2. The molecule has 2 aliphatic heterocycles. The number of imidazole rings is 1. The van der Waals surface area contributed by atoms with E-state index in [0.29, 0.717) is 5.92 Å². The lowest BCUT2D eigenvalue weighted by molar-refractivity contribution is 0.164. The van der Waals surface area contributed by atoms with Gasteiger partial charge in [0.15, 0.2) is 11.5 Å². The number of ether oxygens (including phenoxy) is 3. The lowest BCUT2D eigenvalue weighted by Crippen LogP contribution is -2.36. The van der Waals surface area contributed by atoms with Crippen LogP contribution in [-0.2, 0) is 13.0 Å². The maximum atomic E-state index is 5.59. The fraction of sp³-hybridized carbons (Fsp3) is 0.409. The molecule has 1 unspecified atom stereocenters. The summed E-state index contributed by atoms with van der Waals surface area (Å²) in [5, 5.41) is 0. The average molecular weight is 379 g/mol. The van der Waals surface area contributed by atoms with Gasteiger partial charge in [-0.15, -0.1) is 0 Å². The number of hydrogen-bond acceptors (Lipinski definition) is 5. The molecule has 2 aromatic carbocycles. The number of nitrogens with one attached hydrogen (secondary N) is 1. The van der Waals surface area contributed by atoms with Crippen LogP contribution in [0.5, 0.6) is 17.2 Å². The van der Waals surface area contributed by atoms with Gasteiger partial charge in [0.05, 0.1) is 18.1 Å². The predicted molar refractivity (Wildman–Crippen MR) is 107 cm³/mol. The summed E-state index contributed by atoms with van der Waals surface area (Å²) < 4.78 is 16.6. The zero-order valence-electron chi connectivity index (χ0n) is 16.1. The average Bonchev–Trinajstić information content (AvgIpc) is 3.33. The number of H-pyrrole nitrogens is 1. The van der Waals surface area contributed by atoms with Crippen molar-refractivity contribution in [3.63, 3.8) is 0 Å². The summed E-state index contributed by atoms with van der Waals surface area (Å²) in [7, 11) is 1.71. The van der Waals surface area contributed by atoms with Crippen molar-refractivity contribution < 1.29 is 14.2 Å². The maximum Gasteiger partial charge on any atom is 0.231 e. The third-order valence-electron chi connectivity index (χ3n) is 5.69. The topological polar surface area (TPSA) is 59.6 Å². The van der Waals surface area contributed by atoms with Crippen molar-refractivity contribution in [1.29, 1.82) is 0 Å². The molecule has 0 spiro atoms. The van der Waals surface area contributed by atoms with Crippen LogP contribution in [-0.4, -0.2) is 41.9 Å². The predicted octanol–water partition coefficient (Wildman–Crippen LogP) is 3.75. The van der Waals surface area contributed by atoms with Crippen molar-refractivity contribution in [2.75, 3.05) is 27.0 Å². The number of piperidine rings is 1. The van der Waals surface area contributed by atoms with E-state index in [1.165, 1.54) is 12.8 Å². The molecule has 6 nitrogen and oxygen atoms in total. The Morgan fingerprint density at radius 2 is 2.07 bits per heavy atom. The maximum absolute atomic E-state index is 5.59. The minimum absolute atomic E-state index is 0.283. The molecule has 2 aliphatic rings. The Balaban J connectivity index is 1.28. The number of methoxy groups -OCH3 is 1. The van der Waals surface area contributed by atoms with Crippen LogP contribution in [0.4, 0.5) is 0 Å². The van der Waals surface area contributed by atoms with Crippen LogP contribution >= 0.6 is 0 Å². The Hall–Kier alpha value is -2.73. The summed E-state index contributed by atoms with van der Waals surface area (Å²) in [4.78, 5) is 10.7. The normalized spacial score (nSPS) is 19.2. The minimum Gasteiger partial charge on any atom is -0.496 e. The second-order valence-electron chi connectivity index (χ2n) is 7.67. The van der Waals surface area contributed by atoms with Crippen molar-refractivity contribution in [1.82, 2.24) is 14.9 Å². The largest absolute Gasteiger partial charge is 0.496 e. The highest BCUT2D eigenvalue weighted by molar-refractivity contribution is 5.74. The molecule has 28 heavy (non-hydrogen) atoms. The lowest BCUT2D eigenvalue weighted by atomic mass is 9.94. The molecule has 0 aliphatic carbocycles. The van der Waals surface area contributed by atoms with Gasteiger partial charge >= 0.3 is 0 Å². The van der Waals surface area contributed by atoms with Crippen molar-refractivity contribution in [3.05, 3.63) is 47.8 Å². The van der Waals surface area contributed by atoms with Gasteiger partial charge in [0.25, 0.3) is 0 Å². The van der Waals surface area contributed by atoms with Crippen LogP contribution in [0.1, 0.15) is 24.2 Å². The summed E-state index contributed by atoms with van der Waals surface area (Å²) in [6.07, 6.45) is 3.44. The van der Waals surface area contributed by atoms with E-state index in [9.17, 15) is 0 Å². The van der Waals surface area contributed by atoms with E-state index in [4.69, 9.17) is 19.2 Å². The van der Waals surface area contributed by atoms with Crippen LogP contribution in [0.2, 0.25) is 0 Å². The first-order valence-corrected chi connectivity index (χ1v) is 9.91. The van der Waals surface area contributed by atoms with Crippen LogP contribution < -0.4 is 14.2 Å². The first-order chi connectivity index (χ1) is 13.8. The monoisotopic (exact) mass is 379 g/mol. The first-order valence-electron chi connectivity index (χ1n) is 9.91. The number of likely N-dealkylation sites (tertiary alicyclic amines) is 1. The smallest absolute Gasteiger partial charge is 0.231 e. The molecule has 146 valence electrons. The van der Waals surface area contributed by atoms with Gasteiger partial charge < -0.3 is 19.2 Å². The fourth-order valence-corrected chi connectivity index (χ4v) is 4.36. The van der Waals surface area contributed by atoms with Gasteiger partial charge in [-0.05, 0) is 43.5 Å². The summed E-state index contributed by atoms with van der Waals surface area (Å²) in [6, 6.07) is 12.2. The third-order valence-corrected chi connectivity index (χ3v) is 5.69. The Morgan fingerprint density at radius 3 is 2.93 bits per heavy atom. The molecule has 0 amide bonds. The highest BCUT2D eigenvalue weighted by atomic mass is 16.7. The zero-order chi connectivity index (χ0) is 18.9. The molecule has 3 heterocycles. The lowest BCUT2D eigenvalue weighted by Gasteiger charge is -2.32. The Kier molecular flexibility index (Phi) is 4.56. The number of nitrogens with zero attached hydrogens (tertiary/aromatic N) is 2. The van der Waals surface area contributed by atoms with E-state index in [0.717, 1.165) is 65.7 Å². The quantitative estimate of drug-likeness (QED) is 0.732. The summed E-state index contributed by atoms with van der Waals surface area (Å²) in [5.74, 6) is 4.14. The summed E-state index contributed by atoms with van der Waals surface area (Å²) in [5.41, 5.74) is 3.32. The van der Waals surface area contributed by atoms with Gasteiger partial charge in [0, 0.05) is 31.1 Å². The van der Waals surface area contributed by atoms with Gasteiger partial charge in [-0.3, -0.25) is 4.90 Å².